The molecule has 12 heavy (non-hydrogen) atoms. The summed E-state index contributed by atoms with van der Waals surface area (Å²) in [6.07, 6.45) is 5.58. The number of aromatic amines is 1. The molecule has 0 aliphatic rings. The molecule has 2 rings (SSSR count). The third-order valence-electron chi connectivity index (χ3n) is 1.68. The zero-order valence-corrected chi connectivity index (χ0v) is 6.57. The lowest BCUT2D eigenvalue weighted by atomic mass is 10.2. The topological polar surface area (TPSA) is 27.0 Å². The van der Waals surface area contributed by atoms with Crippen molar-refractivity contribution in [3.8, 4) is 11.3 Å². The van der Waals surface area contributed by atoms with Gasteiger partial charge in [0.1, 0.15) is 0 Å². The fourth-order valence-electron chi connectivity index (χ4n) is 1.09. The third kappa shape index (κ3) is 1.32. The molecule has 0 aromatic carbocycles. The van der Waals surface area contributed by atoms with E-state index in [-0.39, 0.29) is 0 Å². The maximum atomic E-state index is 4.24. The molecule has 58 valence electrons. The van der Waals surface area contributed by atoms with Crippen molar-refractivity contribution < 1.29 is 4.98 Å². The van der Waals surface area contributed by atoms with E-state index in [1.165, 1.54) is 0 Å². The standard InChI is InChI=1S/C10H8N2/c1-2-6-12-10(3-1)9-4-7-11-8-5-9/h1-8H/p+1. The van der Waals surface area contributed by atoms with E-state index < -0.39 is 0 Å². The second kappa shape index (κ2) is 3.13. The Balaban J connectivity index is 2.46. The molecule has 2 heterocycles. The van der Waals surface area contributed by atoms with Gasteiger partial charge >= 0.3 is 0 Å². The van der Waals surface area contributed by atoms with Gasteiger partial charge in [-0.05, 0) is 12.1 Å². The lowest BCUT2D eigenvalue weighted by Gasteiger charge is -1.95. The Morgan fingerprint density at radius 1 is 1.00 bits per heavy atom. The predicted molar refractivity (Wildman–Crippen MR) is 46.2 cm³/mol. The number of nitrogens with one attached hydrogen (secondary N) is 1. The van der Waals surface area contributed by atoms with Crippen LogP contribution in [0.1, 0.15) is 0 Å². The highest BCUT2D eigenvalue weighted by atomic mass is 14.7. The van der Waals surface area contributed by atoms with E-state index in [4.69, 9.17) is 0 Å². The Bertz CT molecular complexity index is 305. The Kier molecular flexibility index (Phi) is 1.82. The first-order valence-corrected chi connectivity index (χ1v) is 3.84. The van der Waals surface area contributed by atoms with Crippen molar-refractivity contribution in [3.05, 3.63) is 48.9 Å². The van der Waals surface area contributed by atoms with Crippen molar-refractivity contribution in [1.29, 1.82) is 0 Å². The molecule has 0 spiro atoms. The summed E-state index contributed by atoms with van der Waals surface area (Å²) in [4.78, 5) is 7.21. The predicted octanol–water partition coefficient (Wildman–Crippen LogP) is 1.56. The first-order valence-electron chi connectivity index (χ1n) is 3.84. The molecule has 0 bridgehead atoms. The van der Waals surface area contributed by atoms with Gasteiger partial charge in [0.2, 0.25) is 0 Å². The monoisotopic (exact) mass is 157 g/mol. The van der Waals surface area contributed by atoms with Crippen molar-refractivity contribution in [2.24, 2.45) is 0 Å². The molecule has 2 heteroatoms. The number of H-pyrrole nitrogens is 1. The highest BCUT2D eigenvalue weighted by Gasteiger charge is 1.96. The summed E-state index contributed by atoms with van der Waals surface area (Å²) in [7, 11) is 0. The smallest absolute Gasteiger partial charge is 0.167 e. The molecule has 1 N–H and O–H groups in total. The van der Waals surface area contributed by atoms with Gasteiger partial charge in [-0.25, -0.2) is 4.98 Å². The fourth-order valence-corrected chi connectivity index (χ4v) is 1.09. The molecule has 0 saturated carbocycles. The minimum atomic E-state index is 1.01. The van der Waals surface area contributed by atoms with Gasteiger partial charge in [0.15, 0.2) is 12.4 Å². The lowest BCUT2D eigenvalue weighted by Crippen LogP contribution is -1.97. The van der Waals surface area contributed by atoms with Crippen LogP contribution in [-0.2, 0) is 0 Å². The second-order valence-electron chi connectivity index (χ2n) is 2.50. The molecule has 0 amide bonds. The van der Waals surface area contributed by atoms with Gasteiger partial charge in [-0.1, -0.05) is 6.07 Å². The van der Waals surface area contributed by atoms with Crippen LogP contribution in [0.4, 0.5) is 0 Å². The minimum absolute atomic E-state index is 1.01. The van der Waals surface area contributed by atoms with Gasteiger partial charge in [0.05, 0.1) is 5.69 Å². The molecule has 0 atom stereocenters. The van der Waals surface area contributed by atoms with Crippen LogP contribution in [0.15, 0.2) is 48.9 Å². The number of rotatable bonds is 1. The summed E-state index contributed by atoms with van der Waals surface area (Å²) in [5.74, 6) is 0. The summed E-state index contributed by atoms with van der Waals surface area (Å²) in [6.45, 7) is 0. The van der Waals surface area contributed by atoms with Gasteiger partial charge in [0, 0.05) is 23.9 Å². The molecule has 2 nitrogen and oxygen atoms in total. The molecule has 0 fully saturated rings. The molecule has 0 saturated heterocycles. The van der Waals surface area contributed by atoms with Crippen LogP contribution in [0.2, 0.25) is 0 Å². The first-order chi connectivity index (χ1) is 5.97. The van der Waals surface area contributed by atoms with Crippen molar-refractivity contribution in [1.82, 2.24) is 4.98 Å². The molecular weight excluding hydrogens is 148 g/mol. The maximum absolute atomic E-state index is 4.24. The van der Waals surface area contributed by atoms with Crippen molar-refractivity contribution in [2.75, 3.05) is 0 Å². The Hall–Kier alpha value is -1.70. The summed E-state index contributed by atoms with van der Waals surface area (Å²) in [6, 6.07) is 9.90. The lowest BCUT2D eigenvalue weighted by molar-refractivity contribution is -0.377. The van der Waals surface area contributed by atoms with E-state index in [1.54, 1.807) is 6.20 Å². The Morgan fingerprint density at radius 2 is 1.83 bits per heavy atom. The number of hydrogen-bond acceptors (Lipinski definition) is 1. The van der Waals surface area contributed by atoms with E-state index in [9.17, 15) is 0 Å². The van der Waals surface area contributed by atoms with E-state index in [0.29, 0.717) is 0 Å². The van der Waals surface area contributed by atoms with Crippen LogP contribution in [0, 0.1) is 0 Å². The van der Waals surface area contributed by atoms with Gasteiger partial charge in [-0.3, -0.25) is 4.98 Å². The van der Waals surface area contributed by atoms with E-state index in [2.05, 4.69) is 9.97 Å². The zero-order valence-electron chi connectivity index (χ0n) is 6.57. The molecule has 2 aromatic rings. The zero-order chi connectivity index (χ0) is 8.23. The van der Waals surface area contributed by atoms with Gasteiger partial charge in [-0.2, -0.15) is 0 Å². The molecule has 0 aliphatic heterocycles. The van der Waals surface area contributed by atoms with Crippen molar-refractivity contribution >= 4 is 0 Å². The van der Waals surface area contributed by atoms with Crippen LogP contribution in [0.25, 0.3) is 11.3 Å². The third-order valence-corrected chi connectivity index (χ3v) is 1.68. The van der Waals surface area contributed by atoms with Crippen LogP contribution < -0.4 is 4.98 Å². The van der Waals surface area contributed by atoms with Gasteiger partial charge in [0.25, 0.3) is 0 Å². The van der Waals surface area contributed by atoms with E-state index >= 15 is 0 Å². The molecule has 2 aromatic heterocycles. The summed E-state index contributed by atoms with van der Waals surface area (Å²) < 4.78 is 0. The van der Waals surface area contributed by atoms with Crippen LogP contribution in [0.3, 0.4) is 0 Å². The van der Waals surface area contributed by atoms with E-state index in [1.807, 2.05) is 42.7 Å². The second-order valence-corrected chi connectivity index (χ2v) is 2.50. The highest BCUT2D eigenvalue weighted by molar-refractivity contribution is 5.56. The van der Waals surface area contributed by atoms with Crippen molar-refractivity contribution in [2.45, 2.75) is 0 Å². The summed E-state index contributed by atoms with van der Waals surface area (Å²) in [5, 5.41) is 0. The van der Waals surface area contributed by atoms with Gasteiger partial charge < -0.3 is 0 Å². The Morgan fingerprint density at radius 3 is 2.50 bits per heavy atom. The largest absolute Gasteiger partial charge is 0.256 e. The van der Waals surface area contributed by atoms with Crippen LogP contribution in [-0.4, -0.2) is 4.98 Å². The van der Waals surface area contributed by atoms with E-state index in [0.717, 1.165) is 11.3 Å². The van der Waals surface area contributed by atoms with Crippen LogP contribution >= 0.6 is 0 Å². The quantitative estimate of drug-likeness (QED) is 0.617. The maximum Gasteiger partial charge on any atom is 0.167 e. The summed E-state index contributed by atoms with van der Waals surface area (Å²) >= 11 is 0. The van der Waals surface area contributed by atoms with Crippen molar-refractivity contribution in [3.63, 3.8) is 0 Å². The fraction of sp³-hybridized carbons (Fsp3) is 0. The number of hydrogen-bond donors (Lipinski definition) is 0. The number of aromatic nitrogens is 2. The van der Waals surface area contributed by atoms with Crippen LogP contribution in [0.5, 0.6) is 0 Å². The first kappa shape index (κ1) is 6.98. The normalized spacial score (nSPS) is 9.67. The molecule has 0 radical (unpaired) electrons. The minimum Gasteiger partial charge on any atom is -0.256 e. The SMILES string of the molecule is c1ccc(-c2cc[nH+]cc2)nc1. The Labute approximate surface area is 70.9 Å². The average molecular weight is 157 g/mol. The number of pyridine rings is 2. The number of nitrogens with zero attached hydrogens (tertiary/aromatic N) is 1. The highest BCUT2D eigenvalue weighted by Crippen LogP contribution is 2.12. The summed E-state index contributed by atoms with van der Waals surface area (Å²) in [5.41, 5.74) is 2.14. The molecule has 0 unspecified atom stereocenters. The molecular formula is C10H9N2+. The molecule has 0 aliphatic carbocycles. The average Bonchev–Trinajstić information content (AvgIpc) is 2.21. The van der Waals surface area contributed by atoms with Gasteiger partial charge in [-0.15, -0.1) is 0 Å².